The molecule has 1 aliphatic rings. The Morgan fingerprint density at radius 3 is 2.58 bits per heavy atom. The lowest BCUT2D eigenvalue weighted by Gasteiger charge is -2.32. The Morgan fingerprint density at radius 2 is 1.79 bits per heavy atom. The summed E-state index contributed by atoms with van der Waals surface area (Å²) in [5.74, 6) is 0. The topological polar surface area (TPSA) is 31.1 Å². The summed E-state index contributed by atoms with van der Waals surface area (Å²) in [6.45, 7) is 3.28. The number of aromatic amines is 1. The molecular formula is C20H22ClN3. The molecule has 2 heterocycles. The Kier molecular flexibility index (Phi) is 4.46. The lowest BCUT2D eigenvalue weighted by atomic mass is 10.0. The molecule has 3 nitrogen and oxygen atoms in total. The fourth-order valence-electron chi connectivity index (χ4n) is 3.52. The summed E-state index contributed by atoms with van der Waals surface area (Å²) in [7, 11) is 0. The molecule has 0 spiro atoms. The molecular weight excluding hydrogens is 318 g/mol. The van der Waals surface area contributed by atoms with E-state index < -0.39 is 0 Å². The molecule has 124 valence electrons. The second-order valence-electron chi connectivity index (χ2n) is 6.56. The van der Waals surface area contributed by atoms with Crippen LogP contribution in [-0.4, -0.2) is 29.0 Å². The van der Waals surface area contributed by atoms with Crippen LogP contribution in [0.3, 0.4) is 0 Å². The summed E-state index contributed by atoms with van der Waals surface area (Å²) in [6.07, 6.45) is 4.50. The van der Waals surface area contributed by atoms with Gasteiger partial charge in [0.15, 0.2) is 0 Å². The third kappa shape index (κ3) is 3.42. The van der Waals surface area contributed by atoms with Crippen molar-refractivity contribution in [3.05, 3.63) is 65.3 Å². The molecule has 0 aliphatic carbocycles. The van der Waals surface area contributed by atoms with Crippen LogP contribution in [0.1, 0.15) is 18.4 Å². The molecule has 1 aliphatic heterocycles. The Balaban J connectivity index is 1.33. The van der Waals surface area contributed by atoms with Crippen LogP contribution in [0.15, 0.2) is 54.7 Å². The van der Waals surface area contributed by atoms with Gasteiger partial charge in [0.2, 0.25) is 0 Å². The first-order valence-corrected chi connectivity index (χ1v) is 8.95. The van der Waals surface area contributed by atoms with E-state index in [0.717, 1.165) is 30.3 Å². The average molecular weight is 340 g/mol. The number of hydrogen-bond acceptors (Lipinski definition) is 2. The molecule has 1 aromatic heterocycles. The summed E-state index contributed by atoms with van der Waals surface area (Å²) < 4.78 is 0. The van der Waals surface area contributed by atoms with Crippen LogP contribution >= 0.6 is 11.6 Å². The minimum atomic E-state index is 0.547. The quantitative estimate of drug-likeness (QED) is 0.708. The van der Waals surface area contributed by atoms with Crippen molar-refractivity contribution in [3.63, 3.8) is 0 Å². The van der Waals surface area contributed by atoms with Gasteiger partial charge in [-0.15, -0.1) is 0 Å². The molecule has 4 heteroatoms. The molecule has 2 N–H and O–H groups in total. The zero-order valence-corrected chi connectivity index (χ0v) is 14.4. The van der Waals surface area contributed by atoms with E-state index in [9.17, 15) is 0 Å². The number of likely N-dealkylation sites (tertiary alicyclic amines) is 1. The van der Waals surface area contributed by atoms with Crippen LogP contribution < -0.4 is 5.32 Å². The number of rotatable bonds is 4. The maximum atomic E-state index is 5.95. The van der Waals surface area contributed by atoms with E-state index in [1.165, 1.54) is 29.3 Å². The molecule has 0 bridgehead atoms. The van der Waals surface area contributed by atoms with Crippen LogP contribution in [0.25, 0.3) is 10.9 Å². The van der Waals surface area contributed by atoms with Crippen LogP contribution in [0.4, 0.5) is 5.69 Å². The first-order chi connectivity index (χ1) is 11.8. The minimum absolute atomic E-state index is 0.547. The molecule has 0 unspecified atom stereocenters. The van der Waals surface area contributed by atoms with Gasteiger partial charge in [0.1, 0.15) is 0 Å². The van der Waals surface area contributed by atoms with Gasteiger partial charge in [0.05, 0.1) is 0 Å². The summed E-state index contributed by atoms with van der Waals surface area (Å²) in [5, 5.41) is 5.76. The SMILES string of the molecule is Clc1ccc(NC2CCN(Cc3c[nH]c4ccccc34)CC2)cc1. The van der Waals surface area contributed by atoms with Crippen LogP contribution in [0.5, 0.6) is 0 Å². The second-order valence-corrected chi connectivity index (χ2v) is 7.00. The van der Waals surface area contributed by atoms with Crippen molar-refractivity contribution in [2.24, 2.45) is 0 Å². The second kappa shape index (κ2) is 6.88. The predicted octanol–water partition coefficient (Wildman–Crippen LogP) is 4.90. The lowest BCUT2D eigenvalue weighted by molar-refractivity contribution is 0.212. The fraction of sp³-hybridized carbons (Fsp3) is 0.300. The van der Waals surface area contributed by atoms with Crippen molar-refractivity contribution >= 4 is 28.2 Å². The minimum Gasteiger partial charge on any atom is -0.382 e. The first-order valence-electron chi connectivity index (χ1n) is 8.57. The molecule has 0 atom stereocenters. The summed E-state index contributed by atoms with van der Waals surface area (Å²) >= 11 is 5.95. The number of anilines is 1. The number of para-hydroxylation sites is 1. The fourth-order valence-corrected chi connectivity index (χ4v) is 3.65. The number of nitrogens with one attached hydrogen (secondary N) is 2. The highest BCUT2D eigenvalue weighted by atomic mass is 35.5. The van der Waals surface area contributed by atoms with E-state index in [0.29, 0.717) is 6.04 Å². The molecule has 4 rings (SSSR count). The maximum absolute atomic E-state index is 5.95. The highest BCUT2D eigenvalue weighted by Gasteiger charge is 2.19. The van der Waals surface area contributed by atoms with Gasteiger partial charge < -0.3 is 10.3 Å². The number of piperidine rings is 1. The van der Waals surface area contributed by atoms with E-state index in [2.05, 4.69) is 57.8 Å². The van der Waals surface area contributed by atoms with Crippen molar-refractivity contribution in [2.75, 3.05) is 18.4 Å². The number of fused-ring (bicyclic) bond motifs is 1. The van der Waals surface area contributed by atoms with E-state index in [4.69, 9.17) is 11.6 Å². The smallest absolute Gasteiger partial charge is 0.0457 e. The average Bonchev–Trinajstić information content (AvgIpc) is 3.02. The van der Waals surface area contributed by atoms with Crippen molar-refractivity contribution in [1.82, 2.24) is 9.88 Å². The number of aromatic nitrogens is 1. The molecule has 3 aromatic rings. The van der Waals surface area contributed by atoms with Crippen molar-refractivity contribution < 1.29 is 0 Å². The van der Waals surface area contributed by atoms with Gasteiger partial charge in [-0.05, 0) is 48.7 Å². The van der Waals surface area contributed by atoms with Gasteiger partial charge in [-0.3, -0.25) is 4.90 Å². The lowest BCUT2D eigenvalue weighted by Crippen LogP contribution is -2.38. The van der Waals surface area contributed by atoms with Crippen molar-refractivity contribution in [3.8, 4) is 0 Å². The first kappa shape index (κ1) is 15.6. The zero-order chi connectivity index (χ0) is 16.4. The normalized spacial score (nSPS) is 16.5. The highest BCUT2D eigenvalue weighted by Crippen LogP contribution is 2.23. The summed E-state index contributed by atoms with van der Waals surface area (Å²) in [4.78, 5) is 5.93. The number of hydrogen-bond donors (Lipinski definition) is 2. The molecule has 1 saturated heterocycles. The standard InChI is InChI=1S/C20H22ClN3/c21-16-5-7-17(8-6-16)23-18-9-11-24(12-10-18)14-15-13-22-20-4-2-1-3-19(15)20/h1-8,13,18,22-23H,9-12,14H2. The Morgan fingerprint density at radius 1 is 1.04 bits per heavy atom. The summed E-state index contributed by atoms with van der Waals surface area (Å²) in [6, 6.07) is 17.1. The maximum Gasteiger partial charge on any atom is 0.0457 e. The van der Waals surface area contributed by atoms with Gasteiger partial charge in [-0.25, -0.2) is 0 Å². The Bertz CT molecular complexity index is 801. The monoisotopic (exact) mass is 339 g/mol. The number of nitrogens with zero attached hydrogens (tertiary/aromatic N) is 1. The molecule has 0 amide bonds. The third-order valence-corrected chi connectivity index (χ3v) is 5.12. The van der Waals surface area contributed by atoms with Gasteiger partial charge in [0, 0.05) is 53.5 Å². The van der Waals surface area contributed by atoms with Crippen LogP contribution in [0.2, 0.25) is 5.02 Å². The van der Waals surface area contributed by atoms with Gasteiger partial charge in [-0.2, -0.15) is 0 Å². The molecule has 0 saturated carbocycles. The zero-order valence-electron chi connectivity index (χ0n) is 13.6. The molecule has 24 heavy (non-hydrogen) atoms. The largest absolute Gasteiger partial charge is 0.382 e. The van der Waals surface area contributed by atoms with Gasteiger partial charge in [-0.1, -0.05) is 29.8 Å². The van der Waals surface area contributed by atoms with Crippen molar-refractivity contribution in [2.45, 2.75) is 25.4 Å². The number of H-pyrrole nitrogens is 1. The third-order valence-electron chi connectivity index (χ3n) is 4.87. The van der Waals surface area contributed by atoms with E-state index in [1.54, 1.807) is 0 Å². The van der Waals surface area contributed by atoms with E-state index in [1.807, 2.05) is 12.1 Å². The van der Waals surface area contributed by atoms with E-state index >= 15 is 0 Å². The van der Waals surface area contributed by atoms with Crippen LogP contribution in [0, 0.1) is 0 Å². The predicted molar refractivity (Wildman–Crippen MR) is 102 cm³/mol. The Labute approximate surface area is 147 Å². The Hall–Kier alpha value is -1.97. The molecule has 1 fully saturated rings. The summed E-state index contributed by atoms with van der Waals surface area (Å²) in [5.41, 5.74) is 3.79. The van der Waals surface area contributed by atoms with Gasteiger partial charge >= 0.3 is 0 Å². The highest BCUT2D eigenvalue weighted by molar-refractivity contribution is 6.30. The number of benzene rings is 2. The van der Waals surface area contributed by atoms with Gasteiger partial charge in [0.25, 0.3) is 0 Å². The van der Waals surface area contributed by atoms with Crippen LogP contribution in [-0.2, 0) is 6.54 Å². The van der Waals surface area contributed by atoms with E-state index in [-0.39, 0.29) is 0 Å². The molecule has 0 radical (unpaired) electrons. The van der Waals surface area contributed by atoms with Crippen molar-refractivity contribution in [1.29, 1.82) is 0 Å². The molecule has 2 aromatic carbocycles. The number of halogens is 1.